The van der Waals surface area contributed by atoms with Gasteiger partial charge in [-0.1, -0.05) is 6.92 Å². The summed E-state index contributed by atoms with van der Waals surface area (Å²) < 4.78 is 5.29. The average molecular weight is 223 g/mol. The molecule has 1 saturated heterocycles. The van der Waals surface area contributed by atoms with Crippen molar-refractivity contribution >= 4 is 5.91 Å². The zero-order valence-electron chi connectivity index (χ0n) is 9.45. The van der Waals surface area contributed by atoms with Crippen LogP contribution in [0.25, 0.3) is 0 Å². The largest absolute Gasteiger partial charge is 0.368 e. The van der Waals surface area contributed by atoms with Crippen molar-refractivity contribution in [3.05, 3.63) is 17.5 Å². The molecular weight excluding hydrogens is 206 g/mol. The van der Waals surface area contributed by atoms with E-state index in [0.717, 1.165) is 30.7 Å². The number of rotatable bonds is 4. The maximum Gasteiger partial charge on any atom is 0.249 e. The topological polar surface area (TPSA) is 67.0 Å². The van der Waals surface area contributed by atoms with Crippen LogP contribution < -0.4 is 5.32 Å². The molecule has 2 N–H and O–H groups in total. The zero-order chi connectivity index (χ0) is 11.4. The highest BCUT2D eigenvalue weighted by atomic mass is 16.5. The Morgan fingerprint density at radius 2 is 2.62 bits per heavy atom. The van der Waals surface area contributed by atoms with Gasteiger partial charge in [0.05, 0.1) is 17.9 Å². The molecule has 0 spiro atoms. The fourth-order valence-corrected chi connectivity index (χ4v) is 1.76. The van der Waals surface area contributed by atoms with Crippen molar-refractivity contribution in [2.45, 2.75) is 38.8 Å². The number of carbonyl (C=O) groups excluding carboxylic acids is 1. The van der Waals surface area contributed by atoms with E-state index >= 15 is 0 Å². The summed E-state index contributed by atoms with van der Waals surface area (Å²) in [5.41, 5.74) is 1.95. The summed E-state index contributed by atoms with van der Waals surface area (Å²) in [4.78, 5) is 11.6. The van der Waals surface area contributed by atoms with Gasteiger partial charge in [0.2, 0.25) is 5.91 Å². The van der Waals surface area contributed by atoms with Crippen molar-refractivity contribution in [3.63, 3.8) is 0 Å². The van der Waals surface area contributed by atoms with Crippen molar-refractivity contribution in [1.82, 2.24) is 15.5 Å². The monoisotopic (exact) mass is 223 g/mol. The molecule has 1 aromatic heterocycles. The van der Waals surface area contributed by atoms with Crippen molar-refractivity contribution < 1.29 is 9.53 Å². The third-order valence-electron chi connectivity index (χ3n) is 2.72. The van der Waals surface area contributed by atoms with Crippen LogP contribution in [0.4, 0.5) is 0 Å². The first-order valence-corrected chi connectivity index (χ1v) is 5.72. The van der Waals surface area contributed by atoms with Gasteiger partial charge in [0, 0.05) is 6.61 Å². The van der Waals surface area contributed by atoms with Gasteiger partial charge in [0.15, 0.2) is 0 Å². The molecule has 0 radical (unpaired) electrons. The third-order valence-corrected chi connectivity index (χ3v) is 2.72. The van der Waals surface area contributed by atoms with Crippen LogP contribution in [0.3, 0.4) is 0 Å². The zero-order valence-corrected chi connectivity index (χ0v) is 9.45. The van der Waals surface area contributed by atoms with Gasteiger partial charge in [-0.15, -0.1) is 0 Å². The molecule has 1 aromatic rings. The van der Waals surface area contributed by atoms with E-state index in [4.69, 9.17) is 4.74 Å². The van der Waals surface area contributed by atoms with Crippen LogP contribution in [-0.2, 0) is 22.5 Å². The van der Waals surface area contributed by atoms with Crippen LogP contribution >= 0.6 is 0 Å². The smallest absolute Gasteiger partial charge is 0.249 e. The molecule has 1 aliphatic rings. The highest BCUT2D eigenvalue weighted by Gasteiger charge is 2.23. The Morgan fingerprint density at radius 1 is 1.75 bits per heavy atom. The van der Waals surface area contributed by atoms with Crippen LogP contribution in [0.5, 0.6) is 0 Å². The molecule has 0 aliphatic carbocycles. The van der Waals surface area contributed by atoms with E-state index in [0.29, 0.717) is 13.2 Å². The van der Waals surface area contributed by atoms with Gasteiger partial charge in [-0.3, -0.25) is 9.89 Å². The number of H-pyrrole nitrogens is 1. The standard InChI is InChI=1S/C11H17N3O2/c1-2-8-6-9(14-13-8)7-12-11(15)10-4-3-5-16-10/h6,10H,2-5,7H2,1H3,(H,12,15)(H,13,14). The number of nitrogens with zero attached hydrogens (tertiary/aromatic N) is 1. The first-order chi connectivity index (χ1) is 7.79. The van der Waals surface area contributed by atoms with Gasteiger partial charge in [0.25, 0.3) is 0 Å². The second-order valence-corrected chi connectivity index (χ2v) is 3.96. The van der Waals surface area contributed by atoms with E-state index in [1.807, 2.05) is 13.0 Å². The molecule has 0 saturated carbocycles. The highest BCUT2D eigenvalue weighted by molar-refractivity contribution is 5.80. The predicted molar refractivity (Wildman–Crippen MR) is 58.8 cm³/mol. The molecule has 0 bridgehead atoms. The summed E-state index contributed by atoms with van der Waals surface area (Å²) in [5.74, 6) is -0.0230. The fourth-order valence-electron chi connectivity index (χ4n) is 1.76. The Balaban J connectivity index is 1.80. The first kappa shape index (κ1) is 11.1. The summed E-state index contributed by atoms with van der Waals surface area (Å²) in [5, 5.41) is 9.84. The van der Waals surface area contributed by atoms with E-state index in [-0.39, 0.29) is 12.0 Å². The minimum Gasteiger partial charge on any atom is -0.368 e. The SMILES string of the molecule is CCc1cc(CNC(=O)C2CCCO2)[nH]n1. The molecule has 1 unspecified atom stereocenters. The number of aryl methyl sites for hydroxylation is 1. The summed E-state index contributed by atoms with van der Waals surface area (Å²) >= 11 is 0. The van der Waals surface area contributed by atoms with E-state index < -0.39 is 0 Å². The Labute approximate surface area is 94.6 Å². The number of aromatic nitrogens is 2. The van der Waals surface area contributed by atoms with Gasteiger partial charge in [-0.25, -0.2) is 0 Å². The molecule has 1 fully saturated rings. The fraction of sp³-hybridized carbons (Fsp3) is 0.636. The van der Waals surface area contributed by atoms with Crippen LogP contribution in [0.2, 0.25) is 0 Å². The third kappa shape index (κ3) is 2.61. The van der Waals surface area contributed by atoms with E-state index in [1.54, 1.807) is 0 Å². The summed E-state index contributed by atoms with van der Waals surface area (Å²) in [6.07, 6.45) is 2.45. The van der Waals surface area contributed by atoms with Crippen LogP contribution in [0.15, 0.2) is 6.07 Å². The first-order valence-electron chi connectivity index (χ1n) is 5.72. The van der Waals surface area contributed by atoms with Crippen molar-refractivity contribution in [3.8, 4) is 0 Å². The number of hydrogen-bond donors (Lipinski definition) is 2. The predicted octanol–water partition coefficient (Wildman–Crippen LogP) is 0.767. The molecule has 0 aromatic carbocycles. The Morgan fingerprint density at radius 3 is 3.25 bits per heavy atom. The Hall–Kier alpha value is -1.36. The molecule has 2 rings (SSSR count). The average Bonchev–Trinajstić information content (AvgIpc) is 2.96. The molecule has 1 atom stereocenters. The number of amides is 1. The number of ether oxygens (including phenoxy) is 1. The summed E-state index contributed by atoms with van der Waals surface area (Å²) in [7, 11) is 0. The minimum absolute atomic E-state index is 0.0230. The number of aromatic amines is 1. The summed E-state index contributed by atoms with van der Waals surface area (Å²) in [6.45, 7) is 3.23. The van der Waals surface area contributed by atoms with Gasteiger partial charge in [-0.2, -0.15) is 5.10 Å². The lowest BCUT2D eigenvalue weighted by Gasteiger charge is -2.08. The van der Waals surface area contributed by atoms with E-state index in [2.05, 4.69) is 15.5 Å². The molecule has 1 aliphatic heterocycles. The minimum atomic E-state index is -0.256. The van der Waals surface area contributed by atoms with Crippen LogP contribution in [0, 0.1) is 0 Å². The molecule has 5 heteroatoms. The normalized spacial score (nSPS) is 19.9. The molecule has 5 nitrogen and oxygen atoms in total. The lowest BCUT2D eigenvalue weighted by atomic mass is 10.2. The Bertz CT molecular complexity index is 356. The van der Waals surface area contributed by atoms with E-state index in [9.17, 15) is 4.79 Å². The second-order valence-electron chi connectivity index (χ2n) is 3.96. The number of carbonyl (C=O) groups is 1. The van der Waals surface area contributed by atoms with Gasteiger partial charge < -0.3 is 10.1 Å². The number of hydrogen-bond acceptors (Lipinski definition) is 3. The van der Waals surface area contributed by atoms with Crippen LogP contribution in [0.1, 0.15) is 31.2 Å². The molecule has 88 valence electrons. The lowest BCUT2D eigenvalue weighted by Crippen LogP contribution is -2.33. The van der Waals surface area contributed by atoms with E-state index in [1.165, 1.54) is 0 Å². The van der Waals surface area contributed by atoms with Crippen molar-refractivity contribution in [1.29, 1.82) is 0 Å². The quantitative estimate of drug-likeness (QED) is 0.792. The van der Waals surface area contributed by atoms with Crippen molar-refractivity contribution in [2.24, 2.45) is 0 Å². The molecule has 1 amide bonds. The lowest BCUT2D eigenvalue weighted by molar-refractivity contribution is -0.130. The van der Waals surface area contributed by atoms with Crippen LogP contribution in [-0.4, -0.2) is 28.8 Å². The molecule has 16 heavy (non-hydrogen) atoms. The van der Waals surface area contributed by atoms with Crippen molar-refractivity contribution in [2.75, 3.05) is 6.61 Å². The summed E-state index contributed by atoms with van der Waals surface area (Å²) in [6, 6.07) is 1.97. The second kappa shape index (κ2) is 5.12. The van der Waals surface area contributed by atoms with Gasteiger partial charge in [-0.05, 0) is 25.3 Å². The highest BCUT2D eigenvalue weighted by Crippen LogP contribution is 2.11. The maximum atomic E-state index is 11.6. The van der Waals surface area contributed by atoms with Gasteiger partial charge in [0.1, 0.15) is 6.10 Å². The molecule has 2 heterocycles. The number of nitrogens with one attached hydrogen (secondary N) is 2. The Kier molecular flexibility index (Phi) is 3.56. The molecular formula is C11H17N3O2. The maximum absolute atomic E-state index is 11.6. The van der Waals surface area contributed by atoms with Gasteiger partial charge >= 0.3 is 0 Å².